The van der Waals surface area contributed by atoms with E-state index < -0.39 is 18.0 Å². The maximum atomic E-state index is 11.9. The Morgan fingerprint density at radius 3 is 2.43 bits per heavy atom. The predicted octanol–water partition coefficient (Wildman–Crippen LogP) is 2.34. The van der Waals surface area contributed by atoms with Crippen molar-refractivity contribution in [2.24, 2.45) is 0 Å². The van der Waals surface area contributed by atoms with Gasteiger partial charge >= 0.3 is 12.0 Å². The summed E-state index contributed by atoms with van der Waals surface area (Å²) >= 11 is 0. The van der Waals surface area contributed by atoms with Crippen molar-refractivity contribution in [1.82, 2.24) is 10.3 Å². The van der Waals surface area contributed by atoms with Crippen LogP contribution in [0.25, 0.3) is 0 Å². The third-order valence-corrected chi connectivity index (χ3v) is 2.82. The Labute approximate surface area is 121 Å². The van der Waals surface area contributed by atoms with Crippen molar-refractivity contribution in [3.63, 3.8) is 0 Å². The molecule has 0 unspecified atom stereocenters. The molecule has 1 heterocycles. The van der Waals surface area contributed by atoms with Crippen LogP contribution < -0.4 is 10.6 Å². The number of aliphatic carboxylic acids is 1. The van der Waals surface area contributed by atoms with Crippen LogP contribution in [0.5, 0.6) is 0 Å². The highest BCUT2D eigenvalue weighted by Crippen LogP contribution is 2.13. The van der Waals surface area contributed by atoms with Crippen molar-refractivity contribution >= 4 is 17.7 Å². The molecule has 0 spiro atoms. The number of hydrogen-bond acceptors (Lipinski definition) is 3. The zero-order chi connectivity index (χ0) is 15.2. The number of hydrogen-bond donors (Lipinski definition) is 3. The number of rotatable bonds is 4. The molecule has 0 saturated heterocycles. The van der Waals surface area contributed by atoms with E-state index in [-0.39, 0.29) is 0 Å². The van der Waals surface area contributed by atoms with Gasteiger partial charge in [-0.2, -0.15) is 0 Å². The number of pyridine rings is 1. The summed E-state index contributed by atoms with van der Waals surface area (Å²) in [6.45, 7) is 1.83. The number of carboxylic acids is 1. The summed E-state index contributed by atoms with van der Waals surface area (Å²) in [7, 11) is 0. The number of carbonyl (C=O) groups is 2. The first-order valence-corrected chi connectivity index (χ1v) is 6.34. The largest absolute Gasteiger partial charge is 0.479 e. The highest BCUT2D eigenvalue weighted by molar-refractivity contribution is 5.92. The molecule has 2 aromatic rings. The first-order chi connectivity index (χ1) is 10.1. The number of nitrogens with zero attached hydrogens (tertiary/aromatic N) is 1. The molecule has 0 aliphatic heterocycles. The van der Waals surface area contributed by atoms with Gasteiger partial charge in [0.15, 0.2) is 6.04 Å². The molecule has 108 valence electrons. The average Bonchev–Trinajstić information content (AvgIpc) is 2.48. The van der Waals surface area contributed by atoms with Crippen LogP contribution in [0.1, 0.15) is 17.3 Å². The Morgan fingerprint density at radius 2 is 1.86 bits per heavy atom. The molecule has 3 N–H and O–H groups in total. The third-order valence-electron chi connectivity index (χ3n) is 2.82. The van der Waals surface area contributed by atoms with E-state index in [1.54, 1.807) is 42.5 Å². The van der Waals surface area contributed by atoms with Crippen molar-refractivity contribution in [3.8, 4) is 0 Å². The second kappa shape index (κ2) is 6.51. The van der Waals surface area contributed by atoms with Crippen LogP contribution in [0.4, 0.5) is 10.5 Å². The molecular formula is C15H15N3O3. The number of carboxylic acid groups (broad SMARTS) is 1. The topological polar surface area (TPSA) is 91.3 Å². The Hall–Kier alpha value is -2.89. The van der Waals surface area contributed by atoms with Gasteiger partial charge in [0.05, 0.1) is 11.9 Å². The molecule has 1 aromatic carbocycles. The minimum absolute atomic E-state index is 0.496. The standard InChI is InChI=1S/C15H15N3O3/c1-10-7-8-12(9-16-10)17-15(21)18-13(14(19)20)11-5-3-2-4-6-11/h2-9,13H,1H3,(H,19,20)(H2,17,18,21)/t13-/m0/s1. The fraction of sp³-hybridized carbons (Fsp3) is 0.133. The first kappa shape index (κ1) is 14.5. The minimum Gasteiger partial charge on any atom is -0.479 e. The Balaban J connectivity index is 2.05. The molecule has 0 saturated carbocycles. The summed E-state index contributed by atoms with van der Waals surface area (Å²) in [5.74, 6) is -1.13. The molecule has 0 radical (unpaired) electrons. The van der Waals surface area contributed by atoms with Crippen molar-refractivity contribution < 1.29 is 14.7 Å². The van der Waals surface area contributed by atoms with Crippen LogP contribution in [0.15, 0.2) is 48.7 Å². The molecule has 0 bridgehead atoms. The molecule has 6 nitrogen and oxygen atoms in total. The molecule has 1 atom stereocenters. The van der Waals surface area contributed by atoms with Crippen LogP contribution in [-0.2, 0) is 4.79 Å². The van der Waals surface area contributed by atoms with Crippen LogP contribution in [0.3, 0.4) is 0 Å². The summed E-state index contributed by atoms with van der Waals surface area (Å²) in [5, 5.41) is 14.2. The molecule has 0 fully saturated rings. The molecule has 6 heteroatoms. The maximum Gasteiger partial charge on any atom is 0.330 e. The summed E-state index contributed by atoms with van der Waals surface area (Å²) in [6.07, 6.45) is 1.51. The lowest BCUT2D eigenvalue weighted by Gasteiger charge is -2.15. The minimum atomic E-state index is -1.13. The van der Waals surface area contributed by atoms with Gasteiger partial charge in [0, 0.05) is 5.69 Å². The van der Waals surface area contributed by atoms with Gasteiger partial charge in [-0.25, -0.2) is 9.59 Å². The van der Waals surface area contributed by atoms with Crippen LogP contribution >= 0.6 is 0 Å². The molecule has 2 amide bonds. The first-order valence-electron chi connectivity index (χ1n) is 6.34. The van der Waals surface area contributed by atoms with Crippen molar-refractivity contribution in [2.45, 2.75) is 13.0 Å². The lowest BCUT2D eigenvalue weighted by atomic mass is 10.1. The monoisotopic (exact) mass is 285 g/mol. The SMILES string of the molecule is Cc1ccc(NC(=O)N[C@H](C(=O)O)c2ccccc2)cn1. The summed E-state index contributed by atoms with van der Waals surface area (Å²) in [6, 6.07) is 10.2. The predicted molar refractivity (Wildman–Crippen MR) is 77.9 cm³/mol. The van der Waals surface area contributed by atoms with E-state index in [0.29, 0.717) is 11.3 Å². The van der Waals surface area contributed by atoms with E-state index in [1.165, 1.54) is 6.20 Å². The number of aromatic nitrogens is 1. The van der Waals surface area contributed by atoms with E-state index >= 15 is 0 Å². The van der Waals surface area contributed by atoms with Gasteiger partial charge in [0.1, 0.15) is 0 Å². The maximum absolute atomic E-state index is 11.9. The quantitative estimate of drug-likeness (QED) is 0.804. The molecule has 21 heavy (non-hydrogen) atoms. The van der Waals surface area contributed by atoms with E-state index in [1.807, 2.05) is 6.92 Å². The van der Waals surface area contributed by atoms with Crippen molar-refractivity contribution in [3.05, 3.63) is 59.9 Å². The Kier molecular flexibility index (Phi) is 4.50. The highest BCUT2D eigenvalue weighted by atomic mass is 16.4. The van der Waals surface area contributed by atoms with Gasteiger partial charge < -0.3 is 15.7 Å². The number of urea groups is 1. The van der Waals surface area contributed by atoms with Gasteiger partial charge in [-0.15, -0.1) is 0 Å². The number of nitrogens with one attached hydrogen (secondary N) is 2. The number of anilines is 1. The molecule has 2 rings (SSSR count). The molecule has 1 aromatic heterocycles. The lowest BCUT2D eigenvalue weighted by Crippen LogP contribution is -2.36. The fourth-order valence-electron chi connectivity index (χ4n) is 1.77. The fourth-order valence-corrected chi connectivity index (χ4v) is 1.77. The van der Waals surface area contributed by atoms with Gasteiger partial charge in [-0.05, 0) is 24.6 Å². The van der Waals surface area contributed by atoms with Crippen LogP contribution in [0, 0.1) is 6.92 Å². The number of benzene rings is 1. The zero-order valence-electron chi connectivity index (χ0n) is 11.4. The highest BCUT2D eigenvalue weighted by Gasteiger charge is 2.21. The normalized spacial score (nSPS) is 11.5. The summed E-state index contributed by atoms with van der Waals surface area (Å²) in [5.41, 5.74) is 1.83. The van der Waals surface area contributed by atoms with Crippen molar-refractivity contribution in [1.29, 1.82) is 0 Å². The van der Waals surface area contributed by atoms with Gasteiger partial charge in [0.25, 0.3) is 0 Å². The van der Waals surface area contributed by atoms with E-state index in [2.05, 4.69) is 15.6 Å². The zero-order valence-corrected chi connectivity index (χ0v) is 11.4. The molecule has 0 aliphatic carbocycles. The third kappa shape index (κ3) is 4.04. The van der Waals surface area contributed by atoms with Gasteiger partial charge in [0.2, 0.25) is 0 Å². The summed E-state index contributed by atoms with van der Waals surface area (Å²) < 4.78 is 0. The Bertz CT molecular complexity index is 626. The number of aryl methyl sites for hydroxylation is 1. The van der Waals surface area contributed by atoms with Gasteiger partial charge in [-0.3, -0.25) is 4.98 Å². The smallest absolute Gasteiger partial charge is 0.330 e. The van der Waals surface area contributed by atoms with E-state index in [9.17, 15) is 14.7 Å². The Morgan fingerprint density at radius 1 is 1.14 bits per heavy atom. The lowest BCUT2D eigenvalue weighted by molar-refractivity contribution is -0.139. The average molecular weight is 285 g/mol. The molecular weight excluding hydrogens is 270 g/mol. The summed E-state index contributed by atoms with van der Waals surface area (Å²) in [4.78, 5) is 27.2. The number of carbonyl (C=O) groups excluding carboxylic acids is 1. The van der Waals surface area contributed by atoms with Crippen molar-refractivity contribution in [2.75, 3.05) is 5.32 Å². The second-order valence-electron chi connectivity index (χ2n) is 4.47. The van der Waals surface area contributed by atoms with Crippen LogP contribution in [0.2, 0.25) is 0 Å². The van der Waals surface area contributed by atoms with Gasteiger partial charge in [-0.1, -0.05) is 30.3 Å². The van der Waals surface area contributed by atoms with E-state index in [0.717, 1.165) is 5.69 Å². The molecule has 0 aliphatic rings. The number of amides is 2. The van der Waals surface area contributed by atoms with Crippen LogP contribution in [-0.4, -0.2) is 22.1 Å². The second-order valence-corrected chi connectivity index (χ2v) is 4.47. The van der Waals surface area contributed by atoms with E-state index in [4.69, 9.17) is 0 Å².